The largest absolute Gasteiger partial charge is 0.340 e. The van der Waals surface area contributed by atoms with Gasteiger partial charge < -0.3 is 10.2 Å². The third-order valence-corrected chi connectivity index (χ3v) is 1.69. The van der Waals surface area contributed by atoms with Gasteiger partial charge in [-0.05, 0) is 20.9 Å². The second-order valence-corrected chi connectivity index (χ2v) is 3.16. The third kappa shape index (κ3) is 3.53. The molecule has 1 amide bonds. The Morgan fingerprint density at radius 2 is 2.17 bits per heavy atom. The lowest BCUT2D eigenvalue weighted by molar-refractivity contribution is -0.131. The standard InChI is InChI=1S/C9H18N2O/c1-7(2)6-11(5)9(12)8(3)10-4/h8,10H,1,6H2,2-5H3. The first-order valence-electron chi connectivity index (χ1n) is 4.05. The number of carbonyl (C=O) groups is 1. The summed E-state index contributed by atoms with van der Waals surface area (Å²) in [7, 11) is 3.56. The third-order valence-electron chi connectivity index (χ3n) is 1.69. The summed E-state index contributed by atoms with van der Waals surface area (Å²) in [6, 6.07) is -0.116. The minimum absolute atomic E-state index is 0.0977. The number of nitrogens with zero attached hydrogens (tertiary/aromatic N) is 1. The predicted octanol–water partition coefficient (Wildman–Crippen LogP) is 0.629. The van der Waals surface area contributed by atoms with E-state index in [1.807, 2.05) is 13.8 Å². The first-order chi connectivity index (χ1) is 5.49. The molecule has 0 aliphatic rings. The van der Waals surface area contributed by atoms with Crippen LogP contribution in [0.4, 0.5) is 0 Å². The molecule has 0 radical (unpaired) electrons. The smallest absolute Gasteiger partial charge is 0.239 e. The Morgan fingerprint density at radius 1 is 1.67 bits per heavy atom. The van der Waals surface area contributed by atoms with Crippen LogP contribution in [0.15, 0.2) is 12.2 Å². The Hall–Kier alpha value is -0.830. The molecule has 12 heavy (non-hydrogen) atoms. The van der Waals surface area contributed by atoms with Gasteiger partial charge in [-0.15, -0.1) is 0 Å². The maximum absolute atomic E-state index is 11.4. The van der Waals surface area contributed by atoms with Gasteiger partial charge in [-0.25, -0.2) is 0 Å². The zero-order chi connectivity index (χ0) is 9.72. The molecule has 0 aromatic carbocycles. The van der Waals surface area contributed by atoms with Gasteiger partial charge in [-0.1, -0.05) is 12.2 Å². The molecule has 0 aromatic rings. The highest BCUT2D eigenvalue weighted by atomic mass is 16.2. The number of nitrogens with one attached hydrogen (secondary N) is 1. The average molecular weight is 170 g/mol. The van der Waals surface area contributed by atoms with Crippen LogP contribution in [0.3, 0.4) is 0 Å². The molecular weight excluding hydrogens is 152 g/mol. The van der Waals surface area contributed by atoms with Gasteiger partial charge in [-0.3, -0.25) is 4.79 Å². The van der Waals surface area contributed by atoms with Gasteiger partial charge in [0.25, 0.3) is 0 Å². The van der Waals surface area contributed by atoms with Gasteiger partial charge in [0.05, 0.1) is 6.04 Å². The highest BCUT2D eigenvalue weighted by Gasteiger charge is 2.14. The first kappa shape index (κ1) is 11.2. The van der Waals surface area contributed by atoms with E-state index in [0.717, 1.165) is 5.57 Å². The summed E-state index contributed by atoms with van der Waals surface area (Å²) < 4.78 is 0. The van der Waals surface area contributed by atoms with E-state index in [4.69, 9.17) is 0 Å². The Kier molecular flexibility index (Phi) is 4.59. The summed E-state index contributed by atoms with van der Waals surface area (Å²) in [5.74, 6) is 0.0977. The first-order valence-corrected chi connectivity index (χ1v) is 4.05. The Morgan fingerprint density at radius 3 is 2.50 bits per heavy atom. The van der Waals surface area contributed by atoms with Crippen molar-refractivity contribution in [1.29, 1.82) is 0 Å². The predicted molar refractivity (Wildman–Crippen MR) is 51.0 cm³/mol. The van der Waals surface area contributed by atoms with Crippen molar-refractivity contribution in [2.45, 2.75) is 19.9 Å². The second kappa shape index (κ2) is 4.93. The molecule has 0 saturated heterocycles. The topological polar surface area (TPSA) is 32.3 Å². The fourth-order valence-electron chi connectivity index (χ4n) is 0.937. The number of amides is 1. The summed E-state index contributed by atoms with van der Waals surface area (Å²) >= 11 is 0. The van der Waals surface area contributed by atoms with Gasteiger partial charge in [0.1, 0.15) is 0 Å². The molecule has 0 heterocycles. The van der Waals surface area contributed by atoms with E-state index >= 15 is 0 Å². The fourth-order valence-corrected chi connectivity index (χ4v) is 0.937. The maximum Gasteiger partial charge on any atom is 0.239 e. The number of rotatable bonds is 4. The van der Waals surface area contributed by atoms with Crippen molar-refractivity contribution in [2.24, 2.45) is 0 Å². The monoisotopic (exact) mass is 170 g/mol. The quantitative estimate of drug-likeness (QED) is 0.628. The van der Waals surface area contributed by atoms with Crippen LogP contribution in [0, 0.1) is 0 Å². The number of hydrogen-bond donors (Lipinski definition) is 1. The minimum Gasteiger partial charge on any atom is -0.340 e. The van der Waals surface area contributed by atoms with Crippen LogP contribution in [0.25, 0.3) is 0 Å². The molecule has 0 aliphatic carbocycles. The van der Waals surface area contributed by atoms with Crippen LogP contribution in [-0.4, -0.2) is 37.5 Å². The van der Waals surface area contributed by atoms with Gasteiger partial charge in [-0.2, -0.15) is 0 Å². The molecule has 0 saturated carbocycles. The Balaban J connectivity index is 4.01. The molecular formula is C9H18N2O. The van der Waals surface area contributed by atoms with E-state index in [2.05, 4.69) is 11.9 Å². The summed E-state index contributed by atoms with van der Waals surface area (Å²) in [5, 5.41) is 2.90. The number of likely N-dealkylation sites (N-methyl/N-ethyl adjacent to an activating group) is 2. The summed E-state index contributed by atoms with van der Waals surface area (Å²) in [5.41, 5.74) is 0.995. The van der Waals surface area contributed by atoms with E-state index in [1.54, 1.807) is 19.0 Å². The van der Waals surface area contributed by atoms with Crippen LogP contribution in [0.2, 0.25) is 0 Å². The van der Waals surface area contributed by atoms with E-state index in [-0.39, 0.29) is 11.9 Å². The summed E-state index contributed by atoms with van der Waals surface area (Å²) in [6.07, 6.45) is 0. The van der Waals surface area contributed by atoms with Crippen molar-refractivity contribution < 1.29 is 4.79 Å². The minimum atomic E-state index is -0.116. The zero-order valence-corrected chi connectivity index (χ0v) is 8.35. The summed E-state index contributed by atoms with van der Waals surface area (Å²) in [4.78, 5) is 13.1. The van der Waals surface area contributed by atoms with E-state index < -0.39 is 0 Å². The molecule has 3 nitrogen and oxygen atoms in total. The Labute approximate surface area is 74.4 Å². The van der Waals surface area contributed by atoms with Gasteiger partial charge in [0, 0.05) is 13.6 Å². The average Bonchev–Trinajstić information content (AvgIpc) is 2.00. The molecule has 0 aromatic heterocycles. The SMILES string of the molecule is C=C(C)CN(C)C(=O)C(C)NC. The van der Waals surface area contributed by atoms with Gasteiger partial charge in [0.2, 0.25) is 5.91 Å². The van der Waals surface area contributed by atoms with Crippen LogP contribution in [0.1, 0.15) is 13.8 Å². The van der Waals surface area contributed by atoms with E-state index in [9.17, 15) is 4.79 Å². The van der Waals surface area contributed by atoms with Crippen LogP contribution >= 0.6 is 0 Å². The highest BCUT2D eigenvalue weighted by molar-refractivity contribution is 5.81. The van der Waals surface area contributed by atoms with Crippen molar-refractivity contribution in [3.05, 3.63) is 12.2 Å². The normalized spacial score (nSPS) is 12.3. The molecule has 0 aliphatic heterocycles. The molecule has 1 N–H and O–H groups in total. The van der Waals surface area contributed by atoms with Crippen LogP contribution < -0.4 is 5.32 Å². The molecule has 70 valence electrons. The van der Waals surface area contributed by atoms with E-state index in [0.29, 0.717) is 6.54 Å². The van der Waals surface area contributed by atoms with E-state index in [1.165, 1.54) is 0 Å². The number of carbonyl (C=O) groups excluding carboxylic acids is 1. The maximum atomic E-state index is 11.4. The fraction of sp³-hybridized carbons (Fsp3) is 0.667. The lowest BCUT2D eigenvalue weighted by Crippen LogP contribution is -2.42. The molecule has 0 spiro atoms. The van der Waals surface area contributed by atoms with Crippen molar-refractivity contribution in [3.63, 3.8) is 0 Å². The lowest BCUT2D eigenvalue weighted by Gasteiger charge is -2.20. The van der Waals surface area contributed by atoms with Crippen molar-refractivity contribution >= 4 is 5.91 Å². The molecule has 1 unspecified atom stereocenters. The Bertz CT molecular complexity index is 177. The van der Waals surface area contributed by atoms with Gasteiger partial charge >= 0.3 is 0 Å². The second-order valence-electron chi connectivity index (χ2n) is 3.16. The van der Waals surface area contributed by atoms with Crippen LogP contribution in [0.5, 0.6) is 0 Å². The van der Waals surface area contributed by atoms with Crippen molar-refractivity contribution in [2.75, 3.05) is 20.6 Å². The molecule has 1 atom stereocenters. The summed E-state index contributed by atoms with van der Waals surface area (Å²) in [6.45, 7) is 8.13. The molecule has 3 heteroatoms. The lowest BCUT2D eigenvalue weighted by atomic mass is 10.2. The van der Waals surface area contributed by atoms with Gasteiger partial charge in [0.15, 0.2) is 0 Å². The van der Waals surface area contributed by atoms with Crippen molar-refractivity contribution in [3.8, 4) is 0 Å². The zero-order valence-electron chi connectivity index (χ0n) is 8.35. The number of hydrogen-bond acceptors (Lipinski definition) is 2. The molecule has 0 bridgehead atoms. The molecule has 0 rings (SSSR count). The van der Waals surface area contributed by atoms with Crippen LogP contribution in [-0.2, 0) is 4.79 Å². The van der Waals surface area contributed by atoms with Crippen molar-refractivity contribution in [1.82, 2.24) is 10.2 Å². The molecule has 0 fully saturated rings. The highest BCUT2D eigenvalue weighted by Crippen LogP contribution is 1.95.